The molecule has 9 nitrogen and oxygen atoms in total. The second kappa shape index (κ2) is 16.1. The van der Waals surface area contributed by atoms with Gasteiger partial charge in [0.15, 0.2) is 0 Å². The van der Waals surface area contributed by atoms with Gasteiger partial charge in [-0.05, 0) is 67.7 Å². The van der Waals surface area contributed by atoms with Crippen LogP contribution in [0.15, 0.2) is 78.9 Å². The van der Waals surface area contributed by atoms with Crippen LogP contribution in [0, 0.1) is 19.8 Å². The largest absolute Gasteiger partial charge is 0.412 e. The molecule has 1 fully saturated rings. The van der Waals surface area contributed by atoms with Gasteiger partial charge in [0.1, 0.15) is 11.8 Å². The molecule has 240 valence electrons. The lowest BCUT2D eigenvalue weighted by Gasteiger charge is -2.37. The van der Waals surface area contributed by atoms with Crippen LogP contribution < -0.4 is 20.7 Å². The number of nitrogens with zero attached hydrogens (tertiary/aromatic N) is 1. The molecular formula is C36H46N4O5. The Balaban J connectivity index is 1.55. The summed E-state index contributed by atoms with van der Waals surface area (Å²) in [4.78, 5) is 41.3. The first-order chi connectivity index (χ1) is 21.6. The summed E-state index contributed by atoms with van der Waals surface area (Å²) < 4.78 is 5.72. The fraction of sp³-hybridized carbons (Fsp3) is 0.417. The Labute approximate surface area is 266 Å². The molecule has 3 aromatic carbocycles. The van der Waals surface area contributed by atoms with E-state index in [1.807, 2.05) is 107 Å². The first-order valence-corrected chi connectivity index (χ1v) is 15.8. The van der Waals surface area contributed by atoms with Crippen LogP contribution in [0.2, 0.25) is 0 Å². The lowest BCUT2D eigenvalue weighted by molar-refractivity contribution is -0.128. The molecule has 1 saturated heterocycles. The molecule has 3 aromatic rings. The van der Waals surface area contributed by atoms with Crippen LogP contribution in [0.1, 0.15) is 48.9 Å². The van der Waals surface area contributed by atoms with E-state index in [1.165, 1.54) is 0 Å². The second-order valence-electron chi connectivity index (χ2n) is 12.2. The Kier molecular flexibility index (Phi) is 12.0. The van der Waals surface area contributed by atoms with Gasteiger partial charge < -0.3 is 30.7 Å². The highest BCUT2D eigenvalue weighted by Gasteiger charge is 2.35. The van der Waals surface area contributed by atoms with Crippen molar-refractivity contribution in [2.75, 3.05) is 13.1 Å². The molecule has 0 aromatic heterocycles. The SMILES string of the molecule is Cc1cccc(C)c1OC(=O)NC(Cc1ccccc1)[C@@H](O)C[C@H](Cc1ccccc1)NC(=O)C(C(C)C)N1CCCNC1=O. The summed E-state index contributed by atoms with van der Waals surface area (Å²) in [5, 5.41) is 20.6. The normalized spacial score (nSPS) is 15.9. The highest BCUT2D eigenvalue weighted by Crippen LogP contribution is 2.23. The Morgan fingerprint density at radius 3 is 2.07 bits per heavy atom. The molecule has 4 N–H and O–H groups in total. The number of hydrogen-bond donors (Lipinski definition) is 4. The maximum atomic E-state index is 13.8. The number of ether oxygens (including phenoxy) is 1. The van der Waals surface area contributed by atoms with E-state index in [0.29, 0.717) is 31.7 Å². The quantitative estimate of drug-likeness (QED) is 0.218. The molecule has 1 aliphatic heterocycles. The number of carbonyl (C=O) groups excluding carboxylic acids is 3. The van der Waals surface area contributed by atoms with Crippen molar-refractivity contribution in [3.63, 3.8) is 0 Å². The van der Waals surface area contributed by atoms with Crippen molar-refractivity contribution in [1.82, 2.24) is 20.9 Å². The van der Waals surface area contributed by atoms with Gasteiger partial charge in [0.2, 0.25) is 5.91 Å². The van der Waals surface area contributed by atoms with Crippen LogP contribution >= 0.6 is 0 Å². The van der Waals surface area contributed by atoms with E-state index in [1.54, 1.807) is 4.90 Å². The van der Waals surface area contributed by atoms with Crippen LogP contribution in [-0.2, 0) is 17.6 Å². The van der Waals surface area contributed by atoms with E-state index < -0.39 is 30.3 Å². The summed E-state index contributed by atoms with van der Waals surface area (Å²) in [7, 11) is 0. The first kappa shape index (κ1) is 33.5. The van der Waals surface area contributed by atoms with Gasteiger partial charge in [0.05, 0.1) is 12.1 Å². The zero-order valence-corrected chi connectivity index (χ0v) is 26.7. The third-order valence-electron chi connectivity index (χ3n) is 8.22. The van der Waals surface area contributed by atoms with Crippen LogP contribution in [0.5, 0.6) is 5.75 Å². The fourth-order valence-electron chi connectivity index (χ4n) is 5.94. The highest BCUT2D eigenvalue weighted by molar-refractivity contribution is 5.87. The van der Waals surface area contributed by atoms with Crippen molar-refractivity contribution in [2.24, 2.45) is 5.92 Å². The molecule has 9 heteroatoms. The number of urea groups is 1. The molecule has 4 atom stereocenters. The van der Waals surface area contributed by atoms with Gasteiger partial charge in [-0.2, -0.15) is 0 Å². The standard InChI is InChI=1S/C36H46N4O5/c1-24(2)32(40-20-12-19-37-35(40)43)34(42)38-29(21-27-15-7-5-8-16-27)23-31(41)30(22-28-17-9-6-10-18-28)39-36(44)45-33-25(3)13-11-14-26(33)4/h5-11,13-18,24,29-32,41H,12,19-23H2,1-4H3,(H,37,43)(H,38,42)(H,39,44)/t29-,30?,31-,32?/m0/s1. The number of benzene rings is 3. The number of rotatable bonds is 13. The topological polar surface area (TPSA) is 120 Å². The van der Waals surface area contributed by atoms with Crippen LogP contribution in [0.3, 0.4) is 0 Å². The number of nitrogens with one attached hydrogen (secondary N) is 3. The number of aryl methyl sites for hydroxylation is 2. The average Bonchev–Trinajstić information content (AvgIpc) is 3.00. The zero-order valence-electron chi connectivity index (χ0n) is 26.7. The minimum Gasteiger partial charge on any atom is -0.410 e. The predicted octanol–water partition coefficient (Wildman–Crippen LogP) is 4.92. The van der Waals surface area contributed by atoms with Crippen molar-refractivity contribution in [2.45, 2.75) is 77.6 Å². The lowest BCUT2D eigenvalue weighted by atomic mass is 9.93. The lowest BCUT2D eigenvalue weighted by Crippen LogP contribution is -2.59. The molecule has 2 unspecified atom stereocenters. The molecule has 0 bridgehead atoms. The minimum atomic E-state index is -1.03. The van der Waals surface area contributed by atoms with Crippen molar-refractivity contribution in [3.05, 3.63) is 101 Å². The van der Waals surface area contributed by atoms with Gasteiger partial charge >= 0.3 is 12.1 Å². The summed E-state index contributed by atoms with van der Waals surface area (Å²) >= 11 is 0. The van der Waals surface area contributed by atoms with E-state index in [4.69, 9.17) is 4.74 Å². The molecule has 4 rings (SSSR count). The fourth-order valence-corrected chi connectivity index (χ4v) is 5.94. The van der Waals surface area contributed by atoms with Gasteiger partial charge in [-0.3, -0.25) is 4.79 Å². The maximum Gasteiger partial charge on any atom is 0.412 e. The Bertz CT molecular complexity index is 1400. The van der Waals surface area contributed by atoms with Crippen LogP contribution in [0.4, 0.5) is 9.59 Å². The number of carbonyl (C=O) groups is 3. The van der Waals surface area contributed by atoms with Gasteiger partial charge in [-0.15, -0.1) is 0 Å². The van der Waals surface area contributed by atoms with E-state index in [9.17, 15) is 19.5 Å². The zero-order chi connectivity index (χ0) is 32.3. The van der Waals surface area contributed by atoms with Gasteiger partial charge in [-0.1, -0.05) is 92.7 Å². The van der Waals surface area contributed by atoms with E-state index in [2.05, 4.69) is 16.0 Å². The molecule has 0 aliphatic carbocycles. The van der Waals surface area contributed by atoms with Gasteiger partial charge in [-0.25, -0.2) is 9.59 Å². The van der Waals surface area contributed by atoms with Gasteiger partial charge in [0, 0.05) is 19.1 Å². The summed E-state index contributed by atoms with van der Waals surface area (Å²) in [6.07, 6.45) is 0.0647. The van der Waals surface area contributed by atoms with E-state index in [-0.39, 0.29) is 24.3 Å². The maximum absolute atomic E-state index is 13.8. The van der Waals surface area contributed by atoms with Gasteiger partial charge in [0.25, 0.3) is 0 Å². The number of amides is 4. The Morgan fingerprint density at radius 1 is 0.889 bits per heavy atom. The van der Waals surface area contributed by atoms with Crippen LogP contribution in [-0.4, -0.2) is 65.4 Å². The van der Waals surface area contributed by atoms with E-state index >= 15 is 0 Å². The number of aliphatic hydroxyl groups is 1. The van der Waals surface area contributed by atoms with Crippen molar-refractivity contribution in [1.29, 1.82) is 0 Å². The number of aliphatic hydroxyl groups excluding tert-OH is 1. The van der Waals surface area contributed by atoms with Crippen LogP contribution in [0.25, 0.3) is 0 Å². The summed E-state index contributed by atoms with van der Waals surface area (Å²) in [5.41, 5.74) is 3.60. The average molecular weight is 615 g/mol. The molecule has 0 radical (unpaired) electrons. The molecule has 1 aliphatic rings. The smallest absolute Gasteiger partial charge is 0.410 e. The highest BCUT2D eigenvalue weighted by atomic mass is 16.6. The summed E-state index contributed by atoms with van der Waals surface area (Å²) in [5.74, 6) is 0.0964. The second-order valence-corrected chi connectivity index (χ2v) is 12.2. The molecule has 0 saturated carbocycles. The number of para-hydroxylation sites is 1. The van der Waals surface area contributed by atoms with Crippen molar-refractivity contribution in [3.8, 4) is 5.75 Å². The minimum absolute atomic E-state index is 0.122. The Morgan fingerprint density at radius 2 is 1.49 bits per heavy atom. The molecular weight excluding hydrogens is 568 g/mol. The van der Waals surface area contributed by atoms with Crippen molar-refractivity contribution < 1.29 is 24.2 Å². The third kappa shape index (κ3) is 9.56. The van der Waals surface area contributed by atoms with Crippen molar-refractivity contribution >= 4 is 18.0 Å². The summed E-state index contributed by atoms with van der Waals surface area (Å²) in [6.45, 7) is 8.69. The predicted molar refractivity (Wildman–Crippen MR) is 175 cm³/mol. The Hall–Kier alpha value is -4.37. The van der Waals surface area contributed by atoms with E-state index in [0.717, 1.165) is 28.7 Å². The summed E-state index contributed by atoms with van der Waals surface area (Å²) in [6, 6.07) is 22.9. The molecule has 45 heavy (non-hydrogen) atoms. The first-order valence-electron chi connectivity index (χ1n) is 15.8. The number of hydrogen-bond acceptors (Lipinski definition) is 5. The molecule has 1 heterocycles. The monoisotopic (exact) mass is 614 g/mol. The molecule has 4 amide bonds. The third-order valence-corrected chi connectivity index (χ3v) is 8.22. The molecule has 0 spiro atoms.